The molecule has 0 aliphatic rings. The molecular weight excluding hydrogens is 210 g/mol. The zero-order valence-corrected chi connectivity index (χ0v) is 8.94. The number of hydrogen-bond donors (Lipinski definition) is 0. The highest BCUT2D eigenvalue weighted by molar-refractivity contribution is 7.07. The van der Waals surface area contributed by atoms with Gasteiger partial charge >= 0.3 is 0 Å². The summed E-state index contributed by atoms with van der Waals surface area (Å²) in [5.41, 5.74) is 3.43. The van der Waals surface area contributed by atoms with Gasteiger partial charge in [0.05, 0.1) is 30.2 Å². The largest absolute Gasteiger partial charge is 0.481 e. The second-order valence-electron chi connectivity index (χ2n) is 2.73. The quantitative estimate of drug-likeness (QED) is 0.744. The van der Waals surface area contributed by atoms with Crippen molar-refractivity contribution in [3.8, 4) is 5.88 Å². The van der Waals surface area contributed by atoms with Crippen molar-refractivity contribution in [1.29, 1.82) is 0 Å². The lowest BCUT2D eigenvalue weighted by molar-refractivity contribution is 0.398. The van der Waals surface area contributed by atoms with Crippen LogP contribution in [0.25, 0.3) is 0 Å². The van der Waals surface area contributed by atoms with Crippen LogP contribution in [0.5, 0.6) is 5.88 Å². The zero-order valence-electron chi connectivity index (χ0n) is 8.12. The van der Waals surface area contributed by atoms with Gasteiger partial charge in [-0.2, -0.15) is 0 Å². The van der Waals surface area contributed by atoms with Gasteiger partial charge < -0.3 is 4.74 Å². The lowest BCUT2D eigenvalue weighted by Gasteiger charge is -1.97. The van der Waals surface area contributed by atoms with Gasteiger partial charge in [0, 0.05) is 17.6 Å². The molecule has 0 aliphatic heterocycles. The lowest BCUT2D eigenvalue weighted by Crippen LogP contribution is -1.85. The van der Waals surface area contributed by atoms with Crippen molar-refractivity contribution in [2.45, 2.75) is 0 Å². The van der Waals surface area contributed by atoms with Gasteiger partial charge in [0.2, 0.25) is 5.88 Å². The number of nitrogens with zero attached hydrogens (tertiary/aromatic N) is 3. The molecule has 0 saturated carbocycles. The van der Waals surface area contributed by atoms with Gasteiger partial charge in [0.25, 0.3) is 0 Å². The van der Waals surface area contributed by atoms with Gasteiger partial charge in [-0.3, -0.25) is 4.99 Å². The Morgan fingerprint density at radius 1 is 1.47 bits per heavy atom. The standard InChI is InChI=1S/C10H9N3OS/c1-14-10-4-8(2-3-11-10)12-5-9-6-15-7-13-9/h2-7H,1H3/b12-5-. The summed E-state index contributed by atoms with van der Waals surface area (Å²) in [5, 5.41) is 1.93. The third kappa shape index (κ3) is 2.60. The summed E-state index contributed by atoms with van der Waals surface area (Å²) in [5.74, 6) is 0.558. The van der Waals surface area contributed by atoms with Crippen molar-refractivity contribution in [2.75, 3.05) is 7.11 Å². The molecule has 0 spiro atoms. The summed E-state index contributed by atoms with van der Waals surface area (Å²) < 4.78 is 4.99. The molecular formula is C10H9N3OS. The summed E-state index contributed by atoms with van der Waals surface area (Å²) in [7, 11) is 1.58. The second-order valence-corrected chi connectivity index (χ2v) is 3.45. The van der Waals surface area contributed by atoms with Gasteiger partial charge in [-0.15, -0.1) is 11.3 Å². The van der Waals surface area contributed by atoms with E-state index in [2.05, 4.69) is 15.0 Å². The van der Waals surface area contributed by atoms with E-state index in [4.69, 9.17) is 4.74 Å². The lowest BCUT2D eigenvalue weighted by atomic mass is 10.4. The molecule has 4 nitrogen and oxygen atoms in total. The number of thiazole rings is 1. The van der Waals surface area contributed by atoms with Crippen molar-refractivity contribution >= 4 is 23.2 Å². The van der Waals surface area contributed by atoms with E-state index < -0.39 is 0 Å². The molecule has 5 heteroatoms. The minimum atomic E-state index is 0.558. The molecule has 0 amide bonds. The Kier molecular flexibility index (Phi) is 3.04. The predicted molar refractivity (Wildman–Crippen MR) is 60.2 cm³/mol. The van der Waals surface area contributed by atoms with E-state index in [9.17, 15) is 0 Å². The first kappa shape index (κ1) is 9.79. The number of hydrogen-bond acceptors (Lipinski definition) is 5. The molecule has 15 heavy (non-hydrogen) atoms. The summed E-state index contributed by atoms with van der Waals surface area (Å²) in [6.45, 7) is 0. The Bertz CT molecular complexity index is 453. The van der Waals surface area contributed by atoms with Crippen LogP contribution in [-0.4, -0.2) is 23.3 Å². The number of methoxy groups -OCH3 is 1. The van der Waals surface area contributed by atoms with Gasteiger partial charge in [0.15, 0.2) is 0 Å². The molecule has 0 N–H and O–H groups in total. The molecule has 0 atom stereocenters. The monoisotopic (exact) mass is 219 g/mol. The summed E-state index contributed by atoms with van der Waals surface area (Å²) in [6.07, 6.45) is 3.37. The van der Waals surface area contributed by atoms with Crippen LogP contribution in [0.3, 0.4) is 0 Å². The van der Waals surface area contributed by atoms with E-state index in [0.717, 1.165) is 11.4 Å². The van der Waals surface area contributed by atoms with Crippen molar-refractivity contribution in [1.82, 2.24) is 9.97 Å². The van der Waals surface area contributed by atoms with Gasteiger partial charge in [-0.05, 0) is 6.07 Å². The van der Waals surface area contributed by atoms with Crippen LogP contribution in [0.2, 0.25) is 0 Å². The van der Waals surface area contributed by atoms with Gasteiger partial charge in [0.1, 0.15) is 0 Å². The molecule has 2 aromatic heterocycles. The predicted octanol–water partition coefficient (Wildman–Crippen LogP) is 2.30. The van der Waals surface area contributed by atoms with Crippen LogP contribution >= 0.6 is 11.3 Å². The first-order valence-corrected chi connectivity index (χ1v) is 5.25. The SMILES string of the molecule is COc1cc(/N=C\c2cscn2)ccn1. The normalized spacial score (nSPS) is 10.7. The molecule has 0 fully saturated rings. The molecule has 0 unspecified atom stereocenters. The maximum absolute atomic E-state index is 4.99. The molecule has 2 aromatic rings. The van der Waals surface area contributed by atoms with E-state index >= 15 is 0 Å². The van der Waals surface area contributed by atoms with Crippen LogP contribution in [-0.2, 0) is 0 Å². The van der Waals surface area contributed by atoms with Crippen molar-refractivity contribution < 1.29 is 4.74 Å². The smallest absolute Gasteiger partial charge is 0.215 e. The number of ether oxygens (including phenoxy) is 1. The molecule has 2 rings (SSSR count). The van der Waals surface area contributed by atoms with Crippen LogP contribution in [0, 0.1) is 0 Å². The molecule has 2 heterocycles. The van der Waals surface area contributed by atoms with E-state index in [1.54, 1.807) is 42.4 Å². The first-order valence-electron chi connectivity index (χ1n) is 4.31. The number of pyridine rings is 1. The Morgan fingerprint density at radius 2 is 2.40 bits per heavy atom. The van der Waals surface area contributed by atoms with Crippen molar-refractivity contribution in [3.63, 3.8) is 0 Å². The minimum Gasteiger partial charge on any atom is -0.481 e. The van der Waals surface area contributed by atoms with E-state index in [1.807, 2.05) is 11.4 Å². The third-order valence-corrected chi connectivity index (χ3v) is 2.33. The molecule has 0 aromatic carbocycles. The average molecular weight is 219 g/mol. The molecule has 0 aliphatic carbocycles. The summed E-state index contributed by atoms with van der Waals surface area (Å²) >= 11 is 1.54. The highest BCUT2D eigenvalue weighted by Crippen LogP contribution is 2.16. The van der Waals surface area contributed by atoms with Crippen LogP contribution in [0.4, 0.5) is 5.69 Å². The maximum Gasteiger partial charge on any atom is 0.215 e. The topological polar surface area (TPSA) is 47.4 Å². The Hall–Kier alpha value is -1.75. The molecule has 0 bridgehead atoms. The molecule has 0 saturated heterocycles. The fourth-order valence-electron chi connectivity index (χ4n) is 1.02. The Labute approximate surface area is 91.3 Å². The highest BCUT2D eigenvalue weighted by Gasteiger charge is 1.94. The molecule has 76 valence electrons. The van der Waals surface area contributed by atoms with Crippen LogP contribution < -0.4 is 4.74 Å². The number of aromatic nitrogens is 2. The van der Waals surface area contributed by atoms with Gasteiger partial charge in [-0.1, -0.05) is 0 Å². The fourth-order valence-corrected chi connectivity index (χ4v) is 1.52. The molecule has 0 radical (unpaired) electrons. The number of aliphatic imine (C=N–C) groups is 1. The van der Waals surface area contributed by atoms with Crippen molar-refractivity contribution in [2.24, 2.45) is 4.99 Å². The fraction of sp³-hybridized carbons (Fsp3) is 0.100. The second kappa shape index (κ2) is 4.65. The third-order valence-electron chi connectivity index (χ3n) is 1.72. The highest BCUT2D eigenvalue weighted by atomic mass is 32.1. The van der Waals surface area contributed by atoms with Crippen LogP contribution in [0.1, 0.15) is 5.69 Å². The Morgan fingerprint density at radius 3 is 3.13 bits per heavy atom. The summed E-state index contributed by atoms with van der Waals surface area (Å²) in [6, 6.07) is 3.58. The minimum absolute atomic E-state index is 0.558. The number of rotatable bonds is 3. The summed E-state index contributed by atoms with van der Waals surface area (Å²) in [4.78, 5) is 12.3. The first-order chi connectivity index (χ1) is 7.38. The van der Waals surface area contributed by atoms with Gasteiger partial charge in [-0.25, -0.2) is 9.97 Å². The maximum atomic E-state index is 4.99. The van der Waals surface area contributed by atoms with E-state index in [-0.39, 0.29) is 0 Å². The van der Waals surface area contributed by atoms with Crippen LogP contribution in [0.15, 0.2) is 34.2 Å². The van der Waals surface area contributed by atoms with Crippen molar-refractivity contribution in [3.05, 3.63) is 34.9 Å². The Balaban J connectivity index is 2.17. The zero-order chi connectivity index (χ0) is 10.5. The van der Waals surface area contributed by atoms with E-state index in [0.29, 0.717) is 5.88 Å². The average Bonchev–Trinajstić information content (AvgIpc) is 2.79. The van der Waals surface area contributed by atoms with E-state index in [1.165, 1.54) is 0 Å².